The highest BCUT2D eigenvalue weighted by Crippen LogP contribution is 2.34. The summed E-state index contributed by atoms with van der Waals surface area (Å²) >= 11 is 0. The second-order valence-corrected chi connectivity index (χ2v) is 11.2. The summed E-state index contributed by atoms with van der Waals surface area (Å²) < 4.78 is 42.8. The molecule has 0 radical (unpaired) electrons. The zero-order chi connectivity index (χ0) is 29.0. The summed E-state index contributed by atoms with van der Waals surface area (Å²) in [7, 11) is -4.51. The van der Waals surface area contributed by atoms with Crippen LogP contribution in [0.5, 0.6) is 5.88 Å². The SMILES string of the molecule is CCCCc1nc(=O)c(S(=O)(=O)c2ccc(-c3ccnc(F)c3C)cc2)c(O)n1[C@@H](CC)c1ccnc(C#N)c1. The Morgan fingerprint density at radius 2 is 1.80 bits per heavy atom. The van der Waals surface area contributed by atoms with Crippen molar-refractivity contribution < 1.29 is 17.9 Å². The molecule has 0 amide bonds. The lowest BCUT2D eigenvalue weighted by molar-refractivity contribution is 0.358. The molecule has 0 saturated carbocycles. The molecule has 4 aromatic rings. The maximum atomic E-state index is 14.0. The van der Waals surface area contributed by atoms with Crippen LogP contribution in [0.25, 0.3) is 11.1 Å². The molecule has 1 N–H and O–H groups in total. The van der Waals surface area contributed by atoms with Crippen LogP contribution in [0.15, 0.2) is 69.4 Å². The largest absolute Gasteiger partial charge is 0.493 e. The van der Waals surface area contributed by atoms with E-state index in [1.807, 2.05) is 19.9 Å². The molecule has 0 aliphatic carbocycles. The second-order valence-electron chi connectivity index (χ2n) is 9.27. The van der Waals surface area contributed by atoms with E-state index in [2.05, 4.69) is 15.0 Å². The van der Waals surface area contributed by atoms with Crippen molar-refractivity contribution in [1.82, 2.24) is 19.5 Å². The lowest BCUT2D eigenvalue weighted by Crippen LogP contribution is -2.27. The van der Waals surface area contributed by atoms with Crippen LogP contribution < -0.4 is 5.56 Å². The normalized spacial score (nSPS) is 12.2. The average Bonchev–Trinajstić information content (AvgIpc) is 2.95. The van der Waals surface area contributed by atoms with E-state index in [1.165, 1.54) is 41.2 Å². The number of hydrogen-bond acceptors (Lipinski definition) is 8. The minimum Gasteiger partial charge on any atom is -0.493 e. The first kappa shape index (κ1) is 28.6. The monoisotopic (exact) mass is 561 g/mol. The summed E-state index contributed by atoms with van der Waals surface area (Å²) in [5, 5.41) is 20.8. The highest BCUT2D eigenvalue weighted by molar-refractivity contribution is 7.91. The summed E-state index contributed by atoms with van der Waals surface area (Å²) in [6, 6.07) is 11.8. The number of hydrogen-bond donors (Lipinski definition) is 1. The van der Waals surface area contributed by atoms with Crippen molar-refractivity contribution in [3.8, 4) is 23.1 Å². The van der Waals surface area contributed by atoms with Gasteiger partial charge >= 0.3 is 0 Å². The van der Waals surface area contributed by atoms with Crippen LogP contribution in [0.1, 0.15) is 61.8 Å². The van der Waals surface area contributed by atoms with Crippen molar-refractivity contribution in [2.75, 3.05) is 0 Å². The number of pyridine rings is 2. The minimum atomic E-state index is -4.51. The first-order valence-electron chi connectivity index (χ1n) is 12.8. The molecule has 9 nitrogen and oxygen atoms in total. The standard InChI is InChI=1S/C29H28FN5O4S/c1-4-6-7-25-34-28(36)26(29(37)35(25)24(5-2)20-12-14-32-21(16-20)17-31)40(38,39)22-10-8-19(9-11-22)23-13-15-33-27(30)18(23)3/h8-16,24,37H,4-7H2,1-3H3/t24-/m0/s1. The van der Waals surface area contributed by atoms with Gasteiger partial charge in [0.05, 0.1) is 10.9 Å². The summed E-state index contributed by atoms with van der Waals surface area (Å²) in [5.41, 5.74) is 1.13. The van der Waals surface area contributed by atoms with Gasteiger partial charge in [0.15, 0.2) is 4.90 Å². The van der Waals surface area contributed by atoms with Gasteiger partial charge in [0.25, 0.3) is 5.56 Å². The number of aromatic nitrogens is 4. The number of aryl methyl sites for hydroxylation is 1. The highest BCUT2D eigenvalue weighted by atomic mass is 32.2. The zero-order valence-electron chi connectivity index (χ0n) is 22.3. The van der Waals surface area contributed by atoms with Crippen molar-refractivity contribution in [1.29, 1.82) is 5.26 Å². The Labute approximate surface area is 231 Å². The molecule has 0 spiro atoms. The molecule has 0 aliphatic heterocycles. The molecular formula is C29H28FN5O4S. The van der Waals surface area contributed by atoms with E-state index in [4.69, 9.17) is 0 Å². The van der Waals surface area contributed by atoms with E-state index in [1.54, 1.807) is 25.1 Å². The number of halogens is 1. The number of nitriles is 1. The van der Waals surface area contributed by atoms with Crippen molar-refractivity contribution in [2.45, 2.75) is 62.3 Å². The lowest BCUT2D eigenvalue weighted by Gasteiger charge is -2.25. The van der Waals surface area contributed by atoms with Gasteiger partial charge in [-0.05, 0) is 66.8 Å². The predicted molar refractivity (Wildman–Crippen MR) is 146 cm³/mol. The number of aromatic hydroxyl groups is 1. The smallest absolute Gasteiger partial charge is 0.296 e. The van der Waals surface area contributed by atoms with Crippen LogP contribution in [0.2, 0.25) is 0 Å². The Kier molecular flexibility index (Phi) is 8.40. The molecule has 1 aromatic carbocycles. The van der Waals surface area contributed by atoms with Gasteiger partial charge in [-0.1, -0.05) is 32.4 Å². The van der Waals surface area contributed by atoms with Crippen LogP contribution in [0.4, 0.5) is 4.39 Å². The Morgan fingerprint density at radius 3 is 2.45 bits per heavy atom. The van der Waals surface area contributed by atoms with E-state index in [-0.39, 0.29) is 16.4 Å². The molecule has 0 bridgehead atoms. The van der Waals surface area contributed by atoms with Gasteiger partial charge in [0, 0.05) is 24.4 Å². The van der Waals surface area contributed by atoms with E-state index < -0.39 is 38.2 Å². The van der Waals surface area contributed by atoms with Crippen LogP contribution in [0, 0.1) is 24.2 Å². The van der Waals surface area contributed by atoms with Gasteiger partial charge in [0.2, 0.25) is 21.7 Å². The molecule has 3 aromatic heterocycles. The van der Waals surface area contributed by atoms with Crippen LogP contribution in [-0.2, 0) is 16.3 Å². The van der Waals surface area contributed by atoms with Crippen molar-refractivity contribution >= 4 is 9.84 Å². The highest BCUT2D eigenvalue weighted by Gasteiger charge is 2.32. The molecule has 11 heteroatoms. The number of nitrogens with zero attached hydrogens (tertiary/aromatic N) is 5. The van der Waals surface area contributed by atoms with Crippen LogP contribution in [-0.4, -0.2) is 33.0 Å². The summed E-state index contributed by atoms with van der Waals surface area (Å²) in [6.45, 7) is 5.38. The van der Waals surface area contributed by atoms with E-state index in [0.29, 0.717) is 41.5 Å². The van der Waals surface area contributed by atoms with Gasteiger partial charge in [-0.2, -0.15) is 14.6 Å². The van der Waals surface area contributed by atoms with Crippen molar-refractivity contribution in [3.05, 3.63) is 93.8 Å². The summed E-state index contributed by atoms with van der Waals surface area (Å²) in [5.74, 6) is -1.10. The van der Waals surface area contributed by atoms with Gasteiger partial charge in [0.1, 0.15) is 17.6 Å². The number of rotatable bonds is 9. The molecule has 40 heavy (non-hydrogen) atoms. The van der Waals surface area contributed by atoms with Crippen molar-refractivity contribution in [2.24, 2.45) is 0 Å². The zero-order valence-corrected chi connectivity index (χ0v) is 23.1. The number of sulfone groups is 1. The maximum absolute atomic E-state index is 14.0. The first-order valence-corrected chi connectivity index (χ1v) is 14.3. The van der Waals surface area contributed by atoms with E-state index in [0.717, 1.165) is 6.42 Å². The molecular weight excluding hydrogens is 533 g/mol. The van der Waals surface area contributed by atoms with E-state index in [9.17, 15) is 28.0 Å². The maximum Gasteiger partial charge on any atom is 0.296 e. The van der Waals surface area contributed by atoms with Gasteiger partial charge in [-0.3, -0.25) is 9.36 Å². The lowest BCUT2D eigenvalue weighted by atomic mass is 10.0. The predicted octanol–water partition coefficient (Wildman–Crippen LogP) is 4.90. The van der Waals surface area contributed by atoms with Gasteiger partial charge < -0.3 is 5.11 Å². The Morgan fingerprint density at radius 1 is 1.10 bits per heavy atom. The van der Waals surface area contributed by atoms with Crippen LogP contribution in [0.3, 0.4) is 0 Å². The second kappa shape index (κ2) is 11.8. The molecule has 4 rings (SSSR count). The fourth-order valence-corrected chi connectivity index (χ4v) is 6.00. The average molecular weight is 562 g/mol. The fourth-order valence-electron chi connectivity index (χ4n) is 4.66. The third-order valence-electron chi connectivity index (χ3n) is 6.76. The summed E-state index contributed by atoms with van der Waals surface area (Å²) in [6.07, 6.45) is 4.97. The fraction of sp³-hybridized carbons (Fsp3) is 0.276. The topological polar surface area (TPSA) is 139 Å². The first-order chi connectivity index (χ1) is 19.1. The quantitative estimate of drug-likeness (QED) is 0.285. The molecule has 0 aliphatic rings. The number of unbranched alkanes of at least 4 members (excludes halogenated alkanes) is 1. The molecule has 0 fully saturated rings. The van der Waals surface area contributed by atoms with Crippen molar-refractivity contribution in [3.63, 3.8) is 0 Å². The third-order valence-corrected chi connectivity index (χ3v) is 8.54. The van der Waals surface area contributed by atoms with E-state index >= 15 is 0 Å². The molecule has 206 valence electrons. The number of benzene rings is 1. The molecule has 0 saturated heterocycles. The Hall–Kier alpha value is -4.43. The minimum absolute atomic E-state index is 0.164. The third kappa shape index (κ3) is 5.35. The Balaban J connectivity index is 1.88. The van der Waals surface area contributed by atoms with Gasteiger partial charge in [-0.25, -0.2) is 18.4 Å². The summed E-state index contributed by atoms with van der Waals surface area (Å²) in [4.78, 5) is 23.8. The van der Waals surface area contributed by atoms with Crippen LogP contribution >= 0.6 is 0 Å². The molecule has 0 unspecified atom stereocenters. The van der Waals surface area contributed by atoms with Gasteiger partial charge in [-0.15, -0.1) is 0 Å². The Bertz CT molecular complexity index is 1760. The molecule has 1 atom stereocenters. The molecule has 3 heterocycles.